The fraction of sp³-hybridized carbons (Fsp3) is 0.435. The van der Waals surface area contributed by atoms with Crippen LogP contribution in [0.25, 0.3) is 21.8 Å². The maximum Gasteiger partial charge on any atom is 0.242 e. The Morgan fingerprint density at radius 2 is 1.89 bits per heavy atom. The Hall–Kier alpha value is -2.04. The molecule has 0 unspecified atom stereocenters. The number of amides is 1. The van der Waals surface area contributed by atoms with Gasteiger partial charge in [0, 0.05) is 45.3 Å². The average Bonchev–Trinajstić information content (AvgIpc) is 3.20. The minimum atomic E-state index is -0.265. The predicted octanol–water partition coefficient (Wildman–Crippen LogP) is 4.60. The number of aliphatic hydroxyl groups excluding tert-OH is 1. The van der Waals surface area contributed by atoms with E-state index in [1.807, 2.05) is 35.2 Å². The van der Waals surface area contributed by atoms with Crippen LogP contribution in [-0.2, 0) is 11.3 Å². The van der Waals surface area contributed by atoms with Crippen LogP contribution >= 0.6 is 11.6 Å². The molecule has 1 N–H and O–H groups in total. The molecule has 2 fully saturated rings. The first-order valence-corrected chi connectivity index (χ1v) is 10.6. The second kappa shape index (κ2) is 6.78. The second-order valence-corrected chi connectivity index (χ2v) is 8.89. The topological polar surface area (TPSA) is 45.5 Å². The van der Waals surface area contributed by atoms with Crippen molar-refractivity contribution in [1.82, 2.24) is 9.47 Å². The van der Waals surface area contributed by atoms with Gasteiger partial charge in [-0.05, 0) is 49.9 Å². The molecule has 1 spiro atoms. The molecule has 5 heteroatoms. The number of likely N-dealkylation sites (tertiary alicyclic amines) is 1. The van der Waals surface area contributed by atoms with Crippen LogP contribution in [0.1, 0.15) is 32.1 Å². The minimum Gasteiger partial charge on any atom is -0.392 e. The Morgan fingerprint density at radius 3 is 2.71 bits per heavy atom. The van der Waals surface area contributed by atoms with E-state index in [4.69, 9.17) is 11.6 Å². The SMILES string of the molecule is O=C(Cn1c2ccccc2c2cc(Cl)ccc21)N1CCC[C@@]2(CCC[C@H]2O)C1. The van der Waals surface area contributed by atoms with Crippen LogP contribution in [0.5, 0.6) is 0 Å². The molecule has 1 aliphatic carbocycles. The van der Waals surface area contributed by atoms with E-state index in [0.29, 0.717) is 18.1 Å². The van der Waals surface area contributed by atoms with Gasteiger partial charge in [0.15, 0.2) is 0 Å². The highest BCUT2D eigenvalue weighted by Crippen LogP contribution is 2.45. The molecule has 5 rings (SSSR count). The zero-order chi connectivity index (χ0) is 19.3. The van der Waals surface area contributed by atoms with Gasteiger partial charge in [-0.25, -0.2) is 0 Å². The third kappa shape index (κ3) is 2.82. The van der Waals surface area contributed by atoms with Crippen LogP contribution in [0, 0.1) is 5.41 Å². The maximum absolute atomic E-state index is 13.3. The molecule has 1 saturated carbocycles. The number of nitrogens with zero attached hydrogens (tertiary/aromatic N) is 2. The molecule has 0 bridgehead atoms. The predicted molar refractivity (Wildman–Crippen MR) is 113 cm³/mol. The van der Waals surface area contributed by atoms with Gasteiger partial charge in [-0.2, -0.15) is 0 Å². The van der Waals surface area contributed by atoms with Crippen molar-refractivity contribution in [2.75, 3.05) is 13.1 Å². The van der Waals surface area contributed by atoms with Crippen molar-refractivity contribution in [3.8, 4) is 0 Å². The van der Waals surface area contributed by atoms with E-state index in [0.717, 1.165) is 60.5 Å². The summed E-state index contributed by atoms with van der Waals surface area (Å²) < 4.78 is 2.11. The van der Waals surface area contributed by atoms with Crippen molar-refractivity contribution >= 4 is 39.3 Å². The number of hydrogen-bond acceptors (Lipinski definition) is 2. The van der Waals surface area contributed by atoms with Gasteiger partial charge >= 0.3 is 0 Å². The van der Waals surface area contributed by atoms with Crippen molar-refractivity contribution in [3.05, 3.63) is 47.5 Å². The van der Waals surface area contributed by atoms with Gasteiger partial charge in [-0.15, -0.1) is 0 Å². The monoisotopic (exact) mass is 396 g/mol. The molecule has 146 valence electrons. The molecular weight excluding hydrogens is 372 g/mol. The highest BCUT2D eigenvalue weighted by atomic mass is 35.5. The summed E-state index contributed by atoms with van der Waals surface area (Å²) >= 11 is 6.23. The first-order valence-electron chi connectivity index (χ1n) is 10.2. The van der Waals surface area contributed by atoms with E-state index in [1.165, 1.54) is 0 Å². The number of piperidine rings is 1. The van der Waals surface area contributed by atoms with Gasteiger partial charge < -0.3 is 14.6 Å². The third-order valence-electron chi connectivity index (χ3n) is 6.85. The summed E-state index contributed by atoms with van der Waals surface area (Å²) in [4.78, 5) is 15.2. The number of hydrogen-bond donors (Lipinski definition) is 1. The Balaban J connectivity index is 1.48. The molecule has 1 aromatic heterocycles. The molecule has 1 amide bonds. The molecule has 2 aliphatic rings. The van der Waals surface area contributed by atoms with E-state index >= 15 is 0 Å². The molecule has 2 heterocycles. The van der Waals surface area contributed by atoms with Crippen LogP contribution in [0.15, 0.2) is 42.5 Å². The first-order chi connectivity index (χ1) is 13.6. The van der Waals surface area contributed by atoms with E-state index in [1.54, 1.807) is 0 Å². The molecule has 2 atom stereocenters. The Bertz CT molecular complexity index is 1060. The van der Waals surface area contributed by atoms with Crippen LogP contribution in [0.4, 0.5) is 0 Å². The molecule has 4 nitrogen and oxygen atoms in total. The minimum absolute atomic E-state index is 0.0811. The molecule has 28 heavy (non-hydrogen) atoms. The molecule has 1 aliphatic heterocycles. The van der Waals surface area contributed by atoms with Gasteiger partial charge in [0.25, 0.3) is 0 Å². The number of aromatic nitrogens is 1. The zero-order valence-electron chi connectivity index (χ0n) is 15.9. The lowest BCUT2D eigenvalue weighted by Gasteiger charge is -2.42. The summed E-state index contributed by atoms with van der Waals surface area (Å²) in [6, 6.07) is 14.0. The molecule has 0 radical (unpaired) electrons. The van der Waals surface area contributed by atoms with Crippen LogP contribution in [-0.4, -0.2) is 39.7 Å². The second-order valence-electron chi connectivity index (χ2n) is 8.45. The van der Waals surface area contributed by atoms with Crippen LogP contribution in [0.2, 0.25) is 5.02 Å². The maximum atomic E-state index is 13.3. The van der Waals surface area contributed by atoms with E-state index < -0.39 is 0 Å². The molecule has 1 saturated heterocycles. The van der Waals surface area contributed by atoms with Crippen molar-refractivity contribution in [2.45, 2.75) is 44.8 Å². The highest BCUT2D eigenvalue weighted by Gasteiger charge is 2.45. The number of halogens is 1. The lowest BCUT2D eigenvalue weighted by molar-refractivity contribution is -0.137. The van der Waals surface area contributed by atoms with E-state index in [2.05, 4.69) is 16.7 Å². The number of carbonyl (C=O) groups excluding carboxylic acids is 1. The van der Waals surface area contributed by atoms with Crippen molar-refractivity contribution in [3.63, 3.8) is 0 Å². The van der Waals surface area contributed by atoms with Gasteiger partial charge in [0.05, 0.1) is 6.10 Å². The van der Waals surface area contributed by atoms with Gasteiger partial charge in [0.2, 0.25) is 5.91 Å². The number of para-hydroxylation sites is 1. The lowest BCUT2D eigenvalue weighted by Crippen LogP contribution is -2.50. The summed E-state index contributed by atoms with van der Waals surface area (Å²) in [6.07, 6.45) is 4.72. The first kappa shape index (κ1) is 18.0. The summed E-state index contributed by atoms with van der Waals surface area (Å²) in [5, 5.41) is 13.4. The number of aliphatic hydroxyl groups is 1. The summed E-state index contributed by atoms with van der Waals surface area (Å²) in [7, 11) is 0. The number of fused-ring (bicyclic) bond motifs is 3. The van der Waals surface area contributed by atoms with Crippen molar-refractivity contribution in [2.24, 2.45) is 5.41 Å². The fourth-order valence-electron chi connectivity index (χ4n) is 5.40. The molecule has 3 aromatic rings. The summed E-state index contributed by atoms with van der Waals surface area (Å²) in [5.41, 5.74) is 2.01. The summed E-state index contributed by atoms with van der Waals surface area (Å²) in [5.74, 6) is 0.135. The standard InChI is InChI=1S/C23H25ClN2O2/c24-16-8-9-20-18(13-16)17-5-1-2-6-19(17)26(20)14-22(28)25-12-4-11-23(15-25)10-3-7-21(23)27/h1-2,5-6,8-9,13,21,27H,3-4,7,10-12,14-15H2/t21-,23+/m1/s1. The van der Waals surface area contributed by atoms with Crippen molar-refractivity contribution in [1.29, 1.82) is 0 Å². The normalized spacial score (nSPS) is 25.2. The lowest BCUT2D eigenvalue weighted by atomic mass is 9.76. The van der Waals surface area contributed by atoms with Crippen LogP contribution < -0.4 is 0 Å². The highest BCUT2D eigenvalue weighted by molar-refractivity contribution is 6.31. The Morgan fingerprint density at radius 1 is 1.11 bits per heavy atom. The number of benzene rings is 2. The largest absolute Gasteiger partial charge is 0.392 e. The quantitative estimate of drug-likeness (QED) is 0.688. The van der Waals surface area contributed by atoms with Crippen LogP contribution in [0.3, 0.4) is 0 Å². The smallest absolute Gasteiger partial charge is 0.242 e. The van der Waals surface area contributed by atoms with Crippen molar-refractivity contribution < 1.29 is 9.90 Å². The molecule has 2 aromatic carbocycles. The fourth-order valence-corrected chi connectivity index (χ4v) is 5.57. The average molecular weight is 397 g/mol. The van der Waals surface area contributed by atoms with Gasteiger partial charge in [-0.1, -0.05) is 36.2 Å². The summed E-state index contributed by atoms with van der Waals surface area (Å²) in [6.45, 7) is 1.80. The Labute approximate surface area is 169 Å². The zero-order valence-corrected chi connectivity index (χ0v) is 16.7. The van der Waals surface area contributed by atoms with Gasteiger partial charge in [0.1, 0.15) is 6.54 Å². The number of carbonyl (C=O) groups is 1. The van der Waals surface area contributed by atoms with E-state index in [-0.39, 0.29) is 17.4 Å². The molecular formula is C23H25ClN2O2. The van der Waals surface area contributed by atoms with E-state index in [9.17, 15) is 9.90 Å². The van der Waals surface area contributed by atoms with Gasteiger partial charge in [-0.3, -0.25) is 4.79 Å². The third-order valence-corrected chi connectivity index (χ3v) is 7.08. The Kier molecular flexibility index (Phi) is 4.37. The number of rotatable bonds is 2.